The van der Waals surface area contributed by atoms with E-state index in [1.165, 1.54) is 0 Å². The van der Waals surface area contributed by atoms with Crippen LogP contribution in [-0.4, -0.2) is 88.3 Å². The molecule has 38 heavy (non-hydrogen) atoms. The summed E-state index contributed by atoms with van der Waals surface area (Å²) in [6.45, 7) is 13.0. The molecule has 0 radical (unpaired) electrons. The number of rotatable bonds is 7. The molecule has 1 saturated heterocycles. The molecule has 0 aromatic carbocycles. The molecule has 0 spiro atoms. The SMILES string of the molecule is CCC1=CCC(C(C)C)C(OC2C(NC(=O)OC(C)(C)C)CC(N)C(OC3OCC(C)(O)CC3O)C2O)O1. The Kier molecular flexibility index (Phi) is 10.1. The van der Waals surface area contributed by atoms with E-state index in [-0.39, 0.29) is 31.3 Å². The zero-order valence-corrected chi connectivity index (χ0v) is 23.8. The van der Waals surface area contributed by atoms with Crippen molar-refractivity contribution in [3.63, 3.8) is 0 Å². The highest BCUT2D eigenvalue weighted by molar-refractivity contribution is 5.68. The molecule has 3 rings (SSSR count). The second-order valence-electron chi connectivity index (χ2n) is 12.4. The van der Waals surface area contributed by atoms with Crippen LogP contribution in [0.3, 0.4) is 0 Å². The number of hydrogen-bond acceptors (Lipinski definition) is 10. The average molecular weight is 545 g/mol. The number of alkyl carbamates (subject to hydrolysis) is 1. The Hall–Kier alpha value is -1.47. The van der Waals surface area contributed by atoms with Crippen molar-refractivity contribution in [2.45, 2.75) is 134 Å². The molecule has 11 heteroatoms. The third-order valence-corrected chi connectivity index (χ3v) is 7.26. The van der Waals surface area contributed by atoms with Gasteiger partial charge in [-0.3, -0.25) is 0 Å². The van der Waals surface area contributed by atoms with Gasteiger partial charge in [-0.2, -0.15) is 0 Å². The molecule has 0 aromatic rings. The van der Waals surface area contributed by atoms with Gasteiger partial charge < -0.3 is 50.1 Å². The first-order valence-corrected chi connectivity index (χ1v) is 13.7. The van der Waals surface area contributed by atoms with E-state index in [4.69, 9.17) is 29.4 Å². The third kappa shape index (κ3) is 8.03. The summed E-state index contributed by atoms with van der Waals surface area (Å²) in [5.74, 6) is 1.07. The summed E-state index contributed by atoms with van der Waals surface area (Å²) in [7, 11) is 0. The predicted molar refractivity (Wildman–Crippen MR) is 139 cm³/mol. The summed E-state index contributed by atoms with van der Waals surface area (Å²) in [5, 5.41) is 35.1. The van der Waals surface area contributed by atoms with Gasteiger partial charge in [-0.15, -0.1) is 0 Å². The maximum absolute atomic E-state index is 12.7. The van der Waals surface area contributed by atoms with Gasteiger partial charge in [-0.1, -0.05) is 20.8 Å². The summed E-state index contributed by atoms with van der Waals surface area (Å²) < 4.78 is 29.6. The lowest BCUT2D eigenvalue weighted by atomic mass is 9.83. The van der Waals surface area contributed by atoms with Gasteiger partial charge in [0.05, 0.1) is 24.0 Å². The first kappa shape index (κ1) is 31.1. The summed E-state index contributed by atoms with van der Waals surface area (Å²) >= 11 is 0. The Labute approximate surface area is 226 Å². The minimum Gasteiger partial charge on any atom is -0.469 e. The molecular formula is C27H48N2O9. The molecule has 11 nitrogen and oxygen atoms in total. The van der Waals surface area contributed by atoms with Crippen LogP contribution < -0.4 is 11.1 Å². The minimum atomic E-state index is -1.29. The molecule has 2 aliphatic heterocycles. The second kappa shape index (κ2) is 12.4. The zero-order valence-electron chi connectivity index (χ0n) is 23.8. The van der Waals surface area contributed by atoms with Crippen LogP contribution in [0.1, 0.15) is 74.1 Å². The van der Waals surface area contributed by atoms with E-state index in [9.17, 15) is 20.1 Å². The lowest BCUT2D eigenvalue weighted by Crippen LogP contribution is -2.66. The molecule has 3 aliphatic rings. The summed E-state index contributed by atoms with van der Waals surface area (Å²) in [4.78, 5) is 12.7. The number of carbonyl (C=O) groups is 1. The fourth-order valence-electron chi connectivity index (χ4n) is 5.22. The van der Waals surface area contributed by atoms with E-state index in [0.717, 1.165) is 12.2 Å². The number of aliphatic hydroxyl groups excluding tert-OH is 2. The van der Waals surface area contributed by atoms with Crippen molar-refractivity contribution in [2.75, 3.05) is 6.61 Å². The molecule has 10 atom stereocenters. The molecule has 0 aromatic heterocycles. The van der Waals surface area contributed by atoms with Gasteiger partial charge in [-0.05, 0) is 52.5 Å². The van der Waals surface area contributed by atoms with Gasteiger partial charge in [0.25, 0.3) is 0 Å². The fraction of sp³-hybridized carbons (Fsp3) is 0.889. The van der Waals surface area contributed by atoms with Gasteiger partial charge in [-0.25, -0.2) is 4.79 Å². The highest BCUT2D eigenvalue weighted by Crippen LogP contribution is 2.35. The molecule has 0 bridgehead atoms. The fourth-order valence-corrected chi connectivity index (χ4v) is 5.22. The molecule has 2 heterocycles. The lowest BCUT2D eigenvalue weighted by Gasteiger charge is -2.47. The van der Waals surface area contributed by atoms with Crippen LogP contribution in [-0.2, 0) is 23.7 Å². The maximum Gasteiger partial charge on any atom is 0.407 e. The van der Waals surface area contributed by atoms with Gasteiger partial charge in [0.15, 0.2) is 6.29 Å². The van der Waals surface area contributed by atoms with Crippen LogP contribution in [0.4, 0.5) is 4.79 Å². The average Bonchev–Trinajstić information content (AvgIpc) is 2.78. The molecule has 1 amide bonds. The van der Waals surface area contributed by atoms with Crippen molar-refractivity contribution in [3.05, 3.63) is 11.8 Å². The van der Waals surface area contributed by atoms with Crippen molar-refractivity contribution >= 4 is 6.09 Å². The van der Waals surface area contributed by atoms with Crippen LogP contribution in [0.2, 0.25) is 0 Å². The van der Waals surface area contributed by atoms with Crippen molar-refractivity contribution < 1.29 is 43.8 Å². The summed E-state index contributed by atoms with van der Waals surface area (Å²) in [6, 6.07) is -1.41. The van der Waals surface area contributed by atoms with Crippen molar-refractivity contribution in [2.24, 2.45) is 17.6 Å². The second-order valence-corrected chi connectivity index (χ2v) is 12.4. The normalized spacial score (nSPS) is 40.3. The maximum atomic E-state index is 12.7. The van der Waals surface area contributed by atoms with Gasteiger partial charge in [0.2, 0.25) is 6.29 Å². The standard InChI is InChI=1S/C27H48N2O9/c1-8-15-9-10-16(14(2)3)23(35-15)37-22-18(29-25(32)38-26(4,5)6)11-17(28)21(20(22)31)36-24-19(30)12-27(7,33)13-34-24/h9,14,16-24,30-31,33H,8,10-13,28H2,1-7H3,(H,29,32). The highest BCUT2D eigenvalue weighted by atomic mass is 16.7. The lowest BCUT2D eigenvalue weighted by molar-refractivity contribution is -0.299. The Bertz CT molecular complexity index is 828. The minimum absolute atomic E-state index is 0.0281. The molecule has 1 aliphatic carbocycles. The van der Waals surface area contributed by atoms with Crippen molar-refractivity contribution in [1.29, 1.82) is 0 Å². The molecular weight excluding hydrogens is 496 g/mol. The number of nitrogens with two attached hydrogens (primary N) is 1. The van der Waals surface area contributed by atoms with Crippen LogP contribution in [0.25, 0.3) is 0 Å². The van der Waals surface area contributed by atoms with Gasteiger partial charge in [0.1, 0.15) is 30.0 Å². The first-order valence-electron chi connectivity index (χ1n) is 13.7. The number of amides is 1. The Morgan fingerprint density at radius 1 is 1.24 bits per heavy atom. The van der Waals surface area contributed by atoms with Gasteiger partial charge in [0, 0.05) is 24.8 Å². The van der Waals surface area contributed by atoms with E-state index in [2.05, 4.69) is 25.2 Å². The largest absolute Gasteiger partial charge is 0.469 e. The number of allylic oxidation sites excluding steroid dienone is 2. The van der Waals surface area contributed by atoms with E-state index >= 15 is 0 Å². The smallest absolute Gasteiger partial charge is 0.407 e. The molecule has 2 fully saturated rings. The molecule has 6 N–H and O–H groups in total. The molecule has 1 saturated carbocycles. The van der Waals surface area contributed by atoms with Gasteiger partial charge >= 0.3 is 6.09 Å². The zero-order chi connectivity index (χ0) is 28.4. The summed E-state index contributed by atoms with van der Waals surface area (Å²) in [5.41, 5.74) is 4.53. The Morgan fingerprint density at radius 3 is 2.47 bits per heavy atom. The first-order chi connectivity index (χ1) is 17.6. The van der Waals surface area contributed by atoms with Crippen LogP contribution in [0, 0.1) is 11.8 Å². The van der Waals surface area contributed by atoms with Crippen LogP contribution >= 0.6 is 0 Å². The Morgan fingerprint density at radius 2 is 1.89 bits per heavy atom. The van der Waals surface area contributed by atoms with E-state index in [1.807, 2.05) is 6.92 Å². The third-order valence-electron chi connectivity index (χ3n) is 7.26. The Balaban J connectivity index is 1.83. The van der Waals surface area contributed by atoms with Crippen molar-refractivity contribution in [1.82, 2.24) is 5.32 Å². The monoisotopic (exact) mass is 544 g/mol. The molecule has 220 valence electrons. The topological polar surface area (TPSA) is 162 Å². The number of aliphatic hydroxyl groups is 3. The number of nitrogens with one attached hydrogen (secondary N) is 1. The van der Waals surface area contributed by atoms with E-state index in [1.54, 1.807) is 27.7 Å². The molecule has 10 unspecified atom stereocenters. The van der Waals surface area contributed by atoms with E-state index in [0.29, 0.717) is 6.42 Å². The highest BCUT2D eigenvalue weighted by Gasteiger charge is 2.50. The quantitative estimate of drug-likeness (QED) is 0.320. The van der Waals surface area contributed by atoms with E-state index < -0.39 is 66.4 Å². The van der Waals surface area contributed by atoms with Crippen LogP contribution in [0.15, 0.2) is 11.8 Å². The number of carbonyl (C=O) groups excluding carboxylic acids is 1. The summed E-state index contributed by atoms with van der Waals surface area (Å²) in [6.07, 6.45) is -2.91. The van der Waals surface area contributed by atoms with Crippen LogP contribution in [0.5, 0.6) is 0 Å². The van der Waals surface area contributed by atoms with Crippen molar-refractivity contribution in [3.8, 4) is 0 Å². The predicted octanol–water partition coefficient (Wildman–Crippen LogP) is 1.91. The number of ether oxygens (including phenoxy) is 5. The number of hydrogen-bond donors (Lipinski definition) is 5.